The minimum Gasteiger partial charge on any atom is -0.494 e. The van der Waals surface area contributed by atoms with Gasteiger partial charge in [0.2, 0.25) is 5.91 Å². The molecule has 1 aliphatic carbocycles. The van der Waals surface area contributed by atoms with Gasteiger partial charge in [0.25, 0.3) is 0 Å². The second-order valence-electron chi connectivity index (χ2n) is 6.53. The highest BCUT2D eigenvalue weighted by molar-refractivity contribution is 5.94. The van der Waals surface area contributed by atoms with Gasteiger partial charge in [0.05, 0.1) is 6.61 Å². The van der Waals surface area contributed by atoms with Crippen LogP contribution in [0.4, 0.5) is 0 Å². The standard InChI is InChI=1S/C19H25NO5/c1-14(21)15-7-9-16(10-8-15)25-13-5-6-17(22)20-19(18(23)24)11-3-2-4-12-19/h7-10H,2-6,11-13H2,1H3,(H,20,22)(H,23,24). The van der Waals surface area contributed by atoms with Crippen LogP contribution < -0.4 is 10.1 Å². The van der Waals surface area contributed by atoms with Crippen LogP contribution in [0.2, 0.25) is 0 Å². The molecule has 1 aromatic rings. The van der Waals surface area contributed by atoms with Crippen molar-refractivity contribution in [3.05, 3.63) is 29.8 Å². The van der Waals surface area contributed by atoms with E-state index < -0.39 is 11.5 Å². The summed E-state index contributed by atoms with van der Waals surface area (Å²) in [4.78, 5) is 34.8. The predicted octanol–water partition coefficient (Wildman–Crippen LogP) is 2.95. The van der Waals surface area contributed by atoms with Crippen LogP contribution in [-0.2, 0) is 9.59 Å². The van der Waals surface area contributed by atoms with E-state index in [-0.39, 0.29) is 18.1 Å². The molecule has 2 N–H and O–H groups in total. The molecule has 0 aromatic heterocycles. The zero-order valence-corrected chi connectivity index (χ0v) is 14.5. The SMILES string of the molecule is CC(=O)c1ccc(OCCCC(=O)NC2(C(=O)O)CCCCC2)cc1. The Morgan fingerprint density at radius 1 is 1.12 bits per heavy atom. The monoisotopic (exact) mass is 347 g/mol. The van der Waals surface area contributed by atoms with Crippen molar-refractivity contribution in [3.63, 3.8) is 0 Å². The lowest BCUT2D eigenvalue weighted by Gasteiger charge is -2.34. The Hall–Kier alpha value is -2.37. The topological polar surface area (TPSA) is 92.7 Å². The lowest BCUT2D eigenvalue weighted by atomic mass is 9.81. The van der Waals surface area contributed by atoms with Gasteiger partial charge in [-0.2, -0.15) is 0 Å². The van der Waals surface area contributed by atoms with E-state index in [1.54, 1.807) is 24.3 Å². The summed E-state index contributed by atoms with van der Waals surface area (Å²) in [5.74, 6) is -0.555. The number of carbonyl (C=O) groups is 3. The quantitative estimate of drug-likeness (QED) is 0.557. The van der Waals surface area contributed by atoms with Crippen LogP contribution in [0.3, 0.4) is 0 Å². The van der Waals surface area contributed by atoms with Crippen LogP contribution in [0.15, 0.2) is 24.3 Å². The maximum absolute atomic E-state index is 12.1. The van der Waals surface area contributed by atoms with E-state index in [0.29, 0.717) is 37.2 Å². The Morgan fingerprint density at radius 2 is 1.76 bits per heavy atom. The predicted molar refractivity (Wildman–Crippen MR) is 92.8 cm³/mol. The van der Waals surface area contributed by atoms with Crippen LogP contribution >= 0.6 is 0 Å². The van der Waals surface area contributed by atoms with Crippen LogP contribution in [0, 0.1) is 0 Å². The number of carboxylic acid groups (broad SMARTS) is 1. The van der Waals surface area contributed by atoms with Crippen molar-refractivity contribution in [2.24, 2.45) is 0 Å². The summed E-state index contributed by atoms with van der Waals surface area (Å²) < 4.78 is 5.55. The average Bonchev–Trinajstić information content (AvgIpc) is 2.60. The fraction of sp³-hybridized carbons (Fsp3) is 0.526. The van der Waals surface area contributed by atoms with Crippen LogP contribution in [-0.4, -0.2) is 34.9 Å². The first-order valence-electron chi connectivity index (χ1n) is 8.71. The number of ketones is 1. The summed E-state index contributed by atoms with van der Waals surface area (Å²) in [6.45, 7) is 1.86. The maximum atomic E-state index is 12.1. The molecule has 0 unspecified atom stereocenters. The fourth-order valence-corrected chi connectivity index (χ4v) is 3.09. The Balaban J connectivity index is 1.74. The second-order valence-corrected chi connectivity index (χ2v) is 6.53. The highest BCUT2D eigenvalue weighted by atomic mass is 16.5. The van der Waals surface area contributed by atoms with Gasteiger partial charge in [-0.25, -0.2) is 4.79 Å². The molecule has 2 rings (SSSR count). The van der Waals surface area contributed by atoms with Crippen LogP contribution in [0.5, 0.6) is 5.75 Å². The number of hydrogen-bond donors (Lipinski definition) is 2. The normalized spacial score (nSPS) is 16.0. The summed E-state index contributed by atoms with van der Waals surface area (Å²) in [5, 5.41) is 12.2. The molecular formula is C19H25NO5. The largest absolute Gasteiger partial charge is 0.494 e. The number of amides is 1. The molecule has 1 saturated carbocycles. The molecule has 0 heterocycles. The number of hydrogen-bond acceptors (Lipinski definition) is 4. The van der Waals surface area contributed by atoms with Crippen molar-refractivity contribution in [1.82, 2.24) is 5.32 Å². The fourth-order valence-electron chi connectivity index (χ4n) is 3.09. The summed E-state index contributed by atoms with van der Waals surface area (Å²) in [7, 11) is 0. The molecular weight excluding hydrogens is 322 g/mol. The second kappa shape index (κ2) is 8.65. The highest BCUT2D eigenvalue weighted by Crippen LogP contribution is 2.28. The summed E-state index contributed by atoms with van der Waals surface area (Å²) in [5.41, 5.74) is -0.475. The zero-order chi connectivity index (χ0) is 18.3. The third kappa shape index (κ3) is 5.31. The van der Waals surface area contributed by atoms with E-state index in [2.05, 4.69) is 5.32 Å². The van der Waals surface area contributed by atoms with E-state index in [0.717, 1.165) is 19.3 Å². The van der Waals surface area contributed by atoms with Gasteiger partial charge in [-0.05, 0) is 50.5 Å². The van der Waals surface area contributed by atoms with E-state index in [1.165, 1.54) is 6.92 Å². The van der Waals surface area contributed by atoms with Crippen molar-refractivity contribution in [1.29, 1.82) is 0 Å². The number of aliphatic carboxylic acids is 1. The number of Topliss-reactive ketones (excluding diaryl/α,β-unsaturated/α-hetero) is 1. The average molecular weight is 347 g/mol. The first kappa shape index (κ1) is 19.0. The molecule has 0 radical (unpaired) electrons. The molecule has 0 bridgehead atoms. The van der Waals surface area contributed by atoms with Gasteiger partial charge in [-0.15, -0.1) is 0 Å². The van der Waals surface area contributed by atoms with Crippen molar-refractivity contribution in [2.45, 2.75) is 57.4 Å². The van der Waals surface area contributed by atoms with E-state index in [9.17, 15) is 19.5 Å². The Morgan fingerprint density at radius 3 is 2.32 bits per heavy atom. The lowest BCUT2D eigenvalue weighted by molar-refractivity contribution is -0.149. The number of benzene rings is 1. The zero-order valence-electron chi connectivity index (χ0n) is 14.5. The Bertz CT molecular complexity index is 617. The first-order valence-corrected chi connectivity index (χ1v) is 8.71. The minimum absolute atomic E-state index is 0.00158. The van der Waals surface area contributed by atoms with E-state index in [4.69, 9.17) is 4.74 Å². The van der Waals surface area contributed by atoms with Gasteiger partial charge in [-0.1, -0.05) is 19.3 Å². The first-order chi connectivity index (χ1) is 11.9. The summed E-state index contributed by atoms with van der Waals surface area (Å²) >= 11 is 0. The number of rotatable bonds is 8. The van der Waals surface area contributed by atoms with Crippen LogP contribution in [0.25, 0.3) is 0 Å². The number of nitrogens with one attached hydrogen (secondary N) is 1. The smallest absolute Gasteiger partial charge is 0.329 e. The molecule has 0 spiro atoms. The van der Waals surface area contributed by atoms with Gasteiger partial charge in [-0.3, -0.25) is 9.59 Å². The van der Waals surface area contributed by atoms with Gasteiger partial charge >= 0.3 is 5.97 Å². The Kier molecular flexibility index (Phi) is 6.56. The molecule has 1 fully saturated rings. The summed E-state index contributed by atoms with van der Waals surface area (Å²) in [6.07, 6.45) is 4.37. The van der Waals surface area contributed by atoms with E-state index >= 15 is 0 Å². The molecule has 136 valence electrons. The van der Waals surface area contributed by atoms with Gasteiger partial charge in [0, 0.05) is 12.0 Å². The third-order valence-corrected chi connectivity index (χ3v) is 4.57. The van der Waals surface area contributed by atoms with Crippen molar-refractivity contribution >= 4 is 17.7 Å². The number of carboxylic acids is 1. The van der Waals surface area contributed by atoms with Crippen molar-refractivity contribution < 1.29 is 24.2 Å². The van der Waals surface area contributed by atoms with E-state index in [1.807, 2.05) is 0 Å². The molecule has 0 saturated heterocycles. The molecule has 1 amide bonds. The highest BCUT2D eigenvalue weighted by Gasteiger charge is 2.40. The maximum Gasteiger partial charge on any atom is 0.329 e. The Labute approximate surface area is 147 Å². The van der Waals surface area contributed by atoms with Crippen LogP contribution in [0.1, 0.15) is 62.2 Å². The van der Waals surface area contributed by atoms with Gasteiger partial charge < -0.3 is 15.2 Å². The molecule has 0 atom stereocenters. The molecule has 25 heavy (non-hydrogen) atoms. The van der Waals surface area contributed by atoms with Crippen molar-refractivity contribution in [3.8, 4) is 5.75 Å². The van der Waals surface area contributed by atoms with Gasteiger partial charge in [0.15, 0.2) is 5.78 Å². The molecule has 0 aliphatic heterocycles. The minimum atomic E-state index is -1.10. The number of carbonyl (C=O) groups excluding carboxylic acids is 2. The number of ether oxygens (including phenoxy) is 1. The summed E-state index contributed by atoms with van der Waals surface area (Å²) in [6, 6.07) is 6.84. The van der Waals surface area contributed by atoms with Crippen molar-refractivity contribution in [2.75, 3.05) is 6.61 Å². The molecule has 1 aliphatic rings. The third-order valence-electron chi connectivity index (χ3n) is 4.57. The van der Waals surface area contributed by atoms with Gasteiger partial charge in [0.1, 0.15) is 11.3 Å². The molecule has 1 aromatic carbocycles. The molecule has 6 heteroatoms. The molecule has 6 nitrogen and oxygen atoms in total. The lowest BCUT2D eigenvalue weighted by Crippen LogP contribution is -2.55.